The molecule has 0 spiro atoms. The molecule has 2 aromatic rings. The Balaban J connectivity index is 1.15. The first-order chi connectivity index (χ1) is 15.8. The van der Waals surface area contributed by atoms with Gasteiger partial charge in [0.25, 0.3) is 0 Å². The van der Waals surface area contributed by atoms with Gasteiger partial charge in [-0.3, -0.25) is 14.8 Å². The summed E-state index contributed by atoms with van der Waals surface area (Å²) in [6.45, 7) is 1.73. The second kappa shape index (κ2) is 10.6. The molecule has 0 radical (unpaired) electrons. The van der Waals surface area contributed by atoms with E-state index in [1.165, 1.54) is 54.8 Å². The number of fused-ring (bicyclic) bond motifs is 2. The number of carbonyl (C=O) groups excluding carboxylic acids is 1. The molecule has 4 heterocycles. The van der Waals surface area contributed by atoms with Crippen molar-refractivity contribution in [2.24, 2.45) is 0 Å². The van der Waals surface area contributed by atoms with Gasteiger partial charge in [-0.25, -0.2) is 0 Å². The summed E-state index contributed by atoms with van der Waals surface area (Å²) in [6, 6.07) is 4.45. The second-order valence-corrected chi connectivity index (χ2v) is 12.2. The summed E-state index contributed by atoms with van der Waals surface area (Å²) in [7, 11) is 4.05. The summed E-state index contributed by atoms with van der Waals surface area (Å²) < 4.78 is 0. The number of anilines is 1. The zero-order chi connectivity index (χ0) is 21.8. The van der Waals surface area contributed by atoms with Gasteiger partial charge in [0.05, 0.1) is 11.2 Å². The highest BCUT2D eigenvalue weighted by atomic mass is 33.1. The highest BCUT2D eigenvalue weighted by molar-refractivity contribution is 8.77. The van der Waals surface area contributed by atoms with Crippen LogP contribution in [0.25, 0.3) is 11.0 Å². The molecule has 1 unspecified atom stereocenters. The predicted octanol–water partition coefficient (Wildman–Crippen LogP) is 5.63. The first kappa shape index (κ1) is 22.3. The van der Waals surface area contributed by atoms with Crippen molar-refractivity contribution in [1.82, 2.24) is 14.9 Å². The first-order valence-electron chi connectivity index (χ1n) is 12.4. The van der Waals surface area contributed by atoms with Gasteiger partial charge in [0.1, 0.15) is 5.52 Å². The number of nitrogens with one attached hydrogen (secondary N) is 1. The SMILES string of the molecule is O=C(CCCCC1CCSS1)N1CCC(Nc2c3c(nc4cccnc24)CCCC3)CC1. The van der Waals surface area contributed by atoms with Crippen LogP contribution in [0.2, 0.25) is 0 Å². The van der Waals surface area contributed by atoms with Crippen molar-refractivity contribution in [3.8, 4) is 0 Å². The molecule has 1 amide bonds. The lowest BCUT2D eigenvalue weighted by molar-refractivity contribution is -0.132. The molecule has 5 nitrogen and oxygen atoms in total. The van der Waals surface area contributed by atoms with E-state index < -0.39 is 0 Å². The number of nitrogens with zero attached hydrogens (tertiary/aromatic N) is 3. The topological polar surface area (TPSA) is 58.1 Å². The third-order valence-electron chi connectivity index (χ3n) is 7.11. The third-order valence-corrected chi connectivity index (χ3v) is 10.1. The van der Waals surface area contributed by atoms with Gasteiger partial charge in [0.2, 0.25) is 5.91 Å². The highest BCUT2D eigenvalue weighted by Gasteiger charge is 2.26. The summed E-state index contributed by atoms with van der Waals surface area (Å²) in [5, 5.41) is 4.67. The van der Waals surface area contributed by atoms with Gasteiger partial charge in [-0.1, -0.05) is 28.0 Å². The second-order valence-electron chi connectivity index (χ2n) is 9.36. The zero-order valence-corrected chi connectivity index (χ0v) is 20.5. The summed E-state index contributed by atoms with van der Waals surface area (Å²) in [6.07, 6.45) is 14.1. The fourth-order valence-electron chi connectivity index (χ4n) is 5.25. The molecule has 2 aliphatic heterocycles. The maximum Gasteiger partial charge on any atom is 0.222 e. The number of aromatic nitrogens is 2. The van der Waals surface area contributed by atoms with Crippen LogP contribution in [-0.4, -0.2) is 50.9 Å². The number of aryl methyl sites for hydroxylation is 1. The number of unbranched alkanes of at least 4 members (excludes halogenated alkanes) is 1. The molecule has 3 aliphatic rings. The number of carbonyl (C=O) groups is 1. The summed E-state index contributed by atoms with van der Waals surface area (Å²) in [5.74, 6) is 1.65. The van der Waals surface area contributed by atoms with Crippen LogP contribution in [0, 0.1) is 0 Å². The van der Waals surface area contributed by atoms with Gasteiger partial charge >= 0.3 is 0 Å². The van der Waals surface area contributed by atoms with Crippen LogP contribution in [-0.2, 0) is 17.6 Å². The minimum Gasteiger partial charge on any atom is -0.380 e. The Morgan fingerprint density at radius 2 is 2.03 bits per heavy atom. The third kappa shape index (κ3) is 5.19. The molecule has 2 saturated heterocycles. The Morgan fingerprint density at radius 3 is 2.88 bits per heavy atom. The standard InChI is InChI=1S/C25H34N4OS2/c30-23(10-4-1-6-19-13-17-31-32-19)29-15-11-18(12-16-29)27-24-20-7-2-3-8-21(20)28-22-9-5-14-26-25(22)24/h5,9,14,18-19H,1-4,6-8,10-13,15-17H2,(H,27,28). The van der Waals surface area contributed by atoms with Crippen molar-refractivity contribution < 1.29 is 4.79 Å². The largest absolute Gasteiger partial charge is 0.380 e. The molecule has 7 heteroatoms. The number of rotatable bonds is 7. The van der Waals surface area contributed by atoms with E-state index in [0.717, 1.165) is 67.9 Å². The molecule has 1 aliphatic carbocycles. The Labute approximate surface area is 199 Å². The molecule has 0 bridgehead atoms. The van der Waals surface area contributed by atoms with E-state index in [2.05, 4.69) is 21.3 Å². The lowest BCUT2D eigenvalue weighted by atomic mass is 9.93. The summed E-state index contributed by atoms with van der Waals surface area (Å²) in [4.78, 5) is 24.4. The van der Waals surface area contributed by atoms with E-state index in [-0.39, 0.29) is 0 Å². The fourth-order valence-corrected chi connectivity index (χ4v) is 8.28. The van der Waals surface area contributed by atoms with Crippen LogP contribution < -0.4 is 5.32 Å². The number of amides is 1. The summed E-state index contributed by atoms with van der Waals surface area (Å²) in [5.41, 5.74) is 5.84. The zero-order valence-electron chi connectivity index (χ0n) is 18.9. The molecule has 0 aromatic carbocycles. The van der Waals surface area contributed by atoms with Crippen molar-refractivity contribution in [2.75, 3.05) is 24.2 Å². The molecule has 5 rings (SSSR count). The van der Waals surface area contributed by atoms with E-state index in [1.54, 1.807) is 0 Å². The van der Waals surface area contributed by atoms with Crippen LogP contribution in [0.15, 0.2) is 18.3 Å². The normalized spacial score (nSPS) is 21.6. The Bertz CT molecular complexity index is 939. The number of likely N-dealkylation sites (tertiary alicyclic amines) is 1. The minimum absolute atomic E-state index is 0.352. The fraction of sp³-hybridized carbons (Fsp3) is 0.640. The van der Waals surface area contributed by atoms with Crippen LogP contribution in [0.5, 0.6) is 0 Å². The lowest BCUT2D eigenvalue weighted by Gasteiger charge is -2.34. The van der Waals surface area contributed by atoms with Gasteiger partial charge in [-0.2, -0.15) is 0 Å². The highest BCUT2D eigenvalue weighted by Crippen LogP contribution is 2.40. The van der Waals surface area contributed by atoms with Gasteiger partial charge in [-0.05, 0) is 75.5 Å². The molecule has 172 valence electrons. The van der Waals surface area contributed by atoms with Gasteiger partial charge in [0.15, 0.2) is 0 Å². The van der Waals surface area contributed by atoms with Gasteiger partial charge in [-0.15, -0.1) is 0 Å². The Morgan fingerprint density at radius 1 is 1.16 bits per heavy atom. The van der Waals surface area contributed by atoms with E-state index in [0.29, 0.717) is 11.9 Å². The average molecular weight is 471 g/mol. The van der Waals surface area contributed by atoms with E-state index in [4.69, 9.17) is 4.98 Å². The monoisotopic (exact) mass is 470 g/mol. The molecule has 1 atom stereocenters. The maximum atomic E-state index is 12.7. The van der Waals surface area contributed by atoms with Crippen molar-refractivity contribution in [3.05, 3.63) is 29.6 Å². The maximum absolute atomic E-state index is 12.7. The van der Waals surface area contributed by atoms with Crippen LogP contribution >= 0.6 is 21.6 Å². The molecule has 1 N–H and O–H groups in total. The quantitative estimate of drug-likeness (QED) is 0.418. The number of pyridine rings is 2. The lowest BCUT2D eigenvalue weighted by Crippen LogP contribution is -2.42. The van der Waals surface area contributed by atoms with Crippen molar-refractivity contribution in [1.29, 1.82) is 0 Å². The Kier molecular flexibility index (Phi) is 7.42. The van der Waals surface area contributed by atoms with Crippen molar-refractivity contribution in [3.63, 3.8) is 0 Å². The molecule has 2 fully saturated rings. The van der Waals surface area contributed by atoms with E-state index in [1.807, 2.05) is 33.9 Å². The molecular formula is C25H34N4OS2. The predicted molar refractivity (Wildman–Crippen MR) is 136 cm³/mol. The van der Waals surface area contributed by atoms with Crippen LogP contribution in [0.1, 0.15) is 69.0 Å². The molecule has 2 aromatic heterocycles. The van der Waals surface area contributed by atoms with Gasteiger partial charge < -0.3 is 10.2 Å². The van der Waals surface area contributed by atoms with E-state index in [9.17, 15) is 4.79 Å². The Hall–Kier alpha value is -1.47. The molecule has 0 saturated carbocycles. The minimum atomic E-state index is 0.352. The summed E-state index contributed by atoms with van der Waals surface area (Å²) >= 11 is 0. The van der Waals surface area contributed by atoms with E-state index >= 15 is 0 Å². The molecule has 32 heavy (non-hydrogen) atoms. The first-order valence-corrected chi connectivity index (χ1v) is 14.8. The van der Waals surface area contributed by atoms with Crippen molar-refractivity contribution in [2.45, 2.75) is 81.9 Å². The number of hydrogen-bond donors (Lipinski definition) is 1. The smallest absolute Gasteiger partial charge is 0.222 e. The number of piperidine rings is 1. The van der Waals surface area contributed by atoms with Gasteiger partial charge in [0, 0.05) is 48.4 Å². The van der Waals surface area contributed by atoms with Crippen molar-refractivity contribution >= 4 is 44.2 Å². The average Bonchev–Trinajstić information content (AvgIpc) is 3.36. The van der Waals surface area contributed by atoms with Crippen LogP contribution in [0.4, 0.5) is 5.69 Å². The van der Waals surface area contributed by atoms with Crippen LogP contribution in [0.3, 0.4) is 0 Å². The number of hydrogen-bond acceptors (Lipinski definition) is 6. The molecular weight excluding hydrogens is 436 g/mol.